The molecule has 1 aliphatic heterocycles. The summed E-state index contributed by atoms with van der Waals surface area (Å²) in [4.78, 5) is 11.3. The molecule has 8 heteroatoms. The van der Waals surface area contributed by atoms with Crippen LogP contribution in [0.1, 0.15) is 38.1 Å². The second kappa shape index (κ2) is 6.60. The van der Waals surface area contributed by atoms with Crippen molar-refractivity contribution < 1.29 is 18.3 Å². The van der Waals surface area contributed by atoms with E-state index in [9.17, 15) is 13.2 Å². The van der Waals surface area contributed by atoms with Crippen LogP contribution in [0.5, 0.6) is 0 Å². The summed E-state index contributed by atoms with van der Waals surface area (Å²) in [5.74, 6) is -0.929. The third-order valence-electron chi connectivity index (χ3n) is 4.25. The molecule has 0 unspecified atom stereocenters. The second-order valence-electron chi connectivity index (χ2n) is 6.59. The lowest BCUT2D eigenvalue weighted by molar-refractivity contribution is -0.142. The molecule has 0 amide bonds. The summed E-state index contributed by atoms with van der Waals surface area (Å²) in [6.07, 6.45) is 0.708. The summed E-state index contributed by atoms with van der Waals surface area (Å²) >= 11 is 0. The Bertz CT molecular complexity index is 686. The van der Waals surface area contributed by atoms with E-state index >= 15 is 0 Å². The SMILES string of the molecule is Cc1nn(CC(C)C)c(C)c1S(=O)(=O)N1CCC(C(=O)O)CC1. The van der Waals surface area contributed by atoms with Gasteiger partial charge in [0.1, 0.15) is 4.90 Å². The number of carboxylic acid groups (broad SMARTS) is 1. The van der Waals surface area contributed by atoms with Gasteiger partial charge in [0.25, 0.3) is 0 Å². The van der Waals surface area contributed by atoms with Gasteiger partial charge < -0.3 is 5.11 Å². The highest BCUT2D eigenvalue weighted by Gasteiger charge is 2.35. The van der Waals surface area contributed by atoms with Gasteiger partial charge in [-0.15, -0.1) is 0 Å². The summed E-state index contributed by atoms with van der Waals surface area (Å²) in [7, 11) is -3.63. The fourth-order valence-corrected chi connectivity index (χ4v) is 4.89. The first-order valence-electron chi connectivity index (χ1n) is 7.91. The first-order valence-corrected chi connectivity index (χ1v) is 9.35. The van der Waals surface area contributed by atoms with Crippen molar-refractivity contribution in [1.29, 1.82) is 0 Å². The molecule has 1 aromatic rings. The van der Waals surface area contributed by atoms with Gasteiger partial charge in [-0.3, -0.25) is 9.48 Å². The fourth-order valence-electron chi connectivity index (χ4n) is 3.05. The minimum absolute atomic E-state index is 0.244. The lowest BCUT2D eigenvalue weighted by Crippen LogP contribution is -2.40. The smallest absolute Gasteiger partial charge is 0.306 e. The average Bonchev–Trinajstić information content (AvgIpc) is 2.73. The van der Waals surface area contributed by atoms with Gasteiger partial charge in [-0.05, 0) is 32.6 Å². The van der Waals surface area contributed by atoms with Gasteiger partial charge in [0, 0.05) is 19.6 Å². The van der Waals surface area contributed by atoms with Crippen molar-refractivity contribution in [2.24, 2.45) is 11.8 Å². The molecule has 1 aromatic heterocycles. The van der Waals surface area contributed by atoms with Gasteiger partial charge in [0.05, 0.1) is 17.3 Å². The Balaban J connectivity index is 2.27. The highest BCUT2D eigenvalue weighted by atomic mass is 32.2. The van der Waals surface area contributed by atoms with Crippen LogP contribution in [-0.4, -0.2) is 46.7 Å². The monoisotopic (exact) mass is 343 g/mol. The average molecular weight is 343 g/mol. The number of hydrogen-bond acceptors (Lipinski definition) is 4. The van der Waals surface area contributed by atoms with E-state index in [1.807, 2.05) is 0 Å². The molecule has 2 heterocycles. The zero-order chi connectivity index (χ0) is 17.4. The zero-order valence-corrected chi connectivity index (χ0v) is 14.9. The topological polar surface area (TPSA) is 92.5 Å². The van der Waals surface area contributed by atoms with Crippen LogP contribution in [0.4, 0.5) is 0 Å². The van der Waals surface area contributed by atoms with Gasteiger partial charge >= 0.3 is 5.97 Å². The minimum Gasteiger partial charge on any atom is -0.481 e. The molecule has 1 saturated heterocycles. The summed E-state index contributed by atoms with van der Waals surface area (Å²) < 4.78 is 29.0. The zero-order valence-electron chi connectivity index (χ0n) is 14.1. The molecule has 0 aliphatic carbocycles. The summed E-state index contributed by atoms with van der Waals surface area (Å²) in [6.45, 7) is 8.76. The number of aryl methyl sites for hydroxylation is 1. The Kier molecular flexibility index (Phi) is 5.15. The van der Waals surface area contributed by atoms with E-state index in [2.05, 4.69) is 18.9 Å². The van der Waals surface area contributed by atoms with E-state index < -0.39 is 21.9 Å². The number of rotatable bonds is 5. The molecule has 0 aromatic carbocycles. The molecule has 2 rings (SSSR count). The molecule has 1 fully saturated rings. The van der Waals surface area contributed by atoms with Gasteiger partial charge in [0.2, 0.25) is 10.0 Å². The van der Waals surface area contributed by atoms with Gasteiger partial charge in [0.15, 0.2) is 0 Å². The molecule has 23 heavy (non-hydrogen) atoms. The van der Waals surface area contributed by atoms with E-state index in [4.69, 9.17) is 5.11 Å². The number of aromatic nitrogens is 2. The lowest BCUT2D eigenvalue weighted by Gasteiger charge is -2.29. The van der Waals surface area contributed by atoms with E-state index in [1.54, 1.807) is 18.5 Å². The molecule has 0 spiro atoms. The highest BCUT2D eigenvalue weighted by Crippen LogP contribution is 2.28. The molecule has 7 nitrogen and oxygen atoms in total. The maximum atomic E-state index is 12.9. The largest absolute Gasteiger partial charge is 0.481 e. The summed E-state index contributed by atoms with van der Waals surface area (Å²) in [6, 6.07) is 0. The molecular weight excluding hydrogens is 318 g/mol. The molecule has 0 bridgehead atoms. The maximum absolute atomic E-state index is 12.9. The number of nitrogens with zero attached hydrogens (tertiary/aromatic N) is 3. The highest BCUT2D eigenvalue weighted by molar-refractivity contribution is 7.89. The predicted octanol–water partition coefficient (Wildman–Crippen LogP) is 1.64. The third-order valence-corrected chi connectivity index (χ3v) is 6.41. The maximum Gasteiger partial charge on any atom is 0.306 e. The molecule has 130 valence electrons. The van der Waals surface area contributed by atoms with E-state index in [-0.39, 0.29) is 18.0 Å². The van der Waals surface area contributed by atoms with E-state index in [1.165, 1.54) is 4.31 Å². The van der Waals surface area contributed by atoms with E-state index in [0.717, 1.165) is 0 Å². The number of sulfonamides is 1. The van der Waals surface area contributed by atoms with E-state index in [0.29, 0.717) is 36.7 Å². The summed E-state index contributed by atoms with van der Waals surface area (Å²) in [5, 5.41) is 13.4. The predicted molar refractivity (Wildman–Crippen MR) is 85.7 cm³/mol. The Labute approximate surface area is 137 Å². The molecule has 0 saturated carbocycles. The standard InChI is InChI=1S/C15H25N3O4S/c1-10(2)9-18-12(4)14(11(3)16-18)23(21,22)17-7-5-13(6-8-17)15(19)20/h10,13H,5-9H2,1-4H3,(H,19,20). The van der Waals surface area contributed by atoms with Crippen LogP contribution in [0.15, 0.2) is 4.90 Å². The quantitative estimate of drug-likeness (QED) is 0.877. The van der Waals surface area contributed by atoms with Gasteiger partial charge in [-0.25, -0.2) is 8.42 Å². The number of carboxylic acids is 1. The number of carbonyl (C=O) groups is 1. The summed E-state index contributed by atoms with van der Waals surface area (Å²) in [5.41, 5.74) is 1.15. The van der Waals surface area contributed by atoms with Crippen molar-refractivity contribution in [1.82, 2.24) is 14.1 Å². The molecule has 1 aliphatic rings. The van der Waals surface area contributed by atoms with Crippen molar-refractivity contribution in [2.75, 3.05) is 13.1 Å². The lowest BCUT2D eigenvalue weighted by atomic mass is 9.99. The molecule has 1 N–H and O–H groups in total. The van der Waals surface area contributed by atoms with Crippen molar-refractivity contribution in [2.45, 2.75) is 52.0 Å². The third kappa shape index (κ3) is 3.58. The van der Waals surface area contributed by atoms with Gasteiger partial charge in [-0.1, -0.05) is 13.8 Å². The van der Waals surface area contributed by atoms with Crippen molar-refractivity contribution in [3.8, 4) is 0 Å². The Hall–Kier alpha value is -1.41. The molecule has 0 radical (unpaired) electrons. The van der Waals surface area contributed by atoms with Crippen LogP contribution in [0.2, 0.25) is 0 Å². The second-order valence-corrected chi connectivity index (χ2v) is 8.47. The number of hydrogen-bond donors (Lipinski definition) is 1. The van der Waals surface area contributed by atoms with Crippen molar-refractivity contribution in [3.05, 3.63) is 11.4 Å². The Morgan fingerprint density at radius 3 is 2.35 bits per heavy atom. The van der Waals surface area contributed by atoms with Crippen LogP contribution in [0.25, 0.3) is 0 Å². The molecule has 0 atom stereocenters. The Morgan fingerprint density at radius 1 is 1.30 bits per heavy atom. The van der Waals surface area contributed by atoms with Crippen LogP contribution in [0, 0.1) is 25.7 Å². The minimum atomic E-state index is -3.63. The van der Waals surface area contributed by atoms with Crippen molar-refractivity contribution >= 4 is 16.0 Å². The van der Waals surface area contributed by atoms with Crippen LogP contribution in [0.3, 0.4) is 0 Å². The van der Waals surface area contributed by atoms with Crippen LogP contribution in [-0.2, 0) is 21.4 Å². The van der Waals surface area contributed by atoms with Crippen molar-refractivity contribution in [3.63, 3.8) is 0 Å². The Morgan fingerprint density at radius 2 is 1.87 bits per heavy atom. The first kappa shape index (κ1) is 17.9. The number of piperidine rings is 1. The number of aliphatic carboxylic acids is 1. The fraction of sp³-hybridized carbons (Fsp3) is 0.733. The van der Waals surface area contributed by atoms with Gasteiger partial charge in [-0.2, -0.15) is 9.40 Å². The first-order chi connectivity index (χ1) is 10.6. The van der Waals surface area contributed by atoms with Crippen LogP contribution < -0.4 is 0 Å². The normalized spacial score (nSPS) is 17.8. The van der Waals surface area contributed by atoms with Crippen LogP contribution >= 0.6 is 0 Å². The molecular formula is C15H25N3O4S.